The monoisotopic (exact) mass is 317 g/mol. The molecular formula is C19H28FN3. The van der Waals surface area contributed by atoms with Gasteiger partial charge in [0.2, 0.25) is 0 Å². The van der Waals surface area contributed by atoms with Crippen molar-refractivity contribution in [3.8, 4) is 0 Å². The zero-order valence-corrected chi connectivity index (χ0v) is 14.5. The maximum Gasteiger partial charge on any atom is 0.165 e. The van der Waals surface area contributed by atoms with Gasteiger partial charge in [-0.3, -0.25) is 4.98 Å². The molecule has 3 rings (SSSR count). The number of nitrogen functional groups attached to an aromatic ring is 1. The lowest BCUT2D eigenvalue weighted by molar-refractivity contribution is 0.617. The van der Waals surface area contributed by atoms with Crippen molar-refractivity contribution >= 4 is 16.7 Å². The lowest BCUT2D eigenvalue weighted by Crippen LogP contribution is -2.02. The van der Waals surface area contributed by atoms with Crippen molar-refractivity contribution in [2.24, 2.45) is 0 Å². The first kappa shape index (κ1) is 16.3. The van der Waals surface area contributed by atoms with Gasteiger partial charge in [-0.15, -0.1) is 0 Å². The highest BCUT2D eigenvalue weighted by atomic mass is 19.1. The van der Waals surface area contributed by atoms with Crippen LogP contribution in [0.1, 0.15) is 82.5 Å². The second-order valence-corrected chi connectivity index (χ2v) is 7.15. The molecule has 4 heteroatoms. The third-order valence-corrected chi connectivity index (χ3v) is 4.89. The van der Waals surface area contributed by atoms with Gasteiger partial charge in [0, 0.05) is 17.0 Å². The molecule has 0 aromatic carbocycles. The summed E-state index contributed by atoms with van der Waals surface area (Å²) in [5, 5.41) is 0.987. The number of nitrogens with two attached hydrogens (primary N) is 1. The second kappa shape index (κ2) is 6.50. The molecule has 0 atom stereocenters. The number of unbranched alkanes of at least 4 members (excludes halogenated alkanes) is 3. The van der Waals surface area contributed by atoms with Crippen LogP contribution in [0.25, 0.3) is 10.9 Å². The average Bonchev–Trinajstić information content (AvgIpc) is 3.30. The van der Waals surface area contributed by atoms with Crippen LogP contribution in [0.5, 0.6) is 0 Å². The molecule has 126 valence electrons. The highest BCUT2D eigenvalue weighted by Gasteiger charge is 2.31. The first-order valence-electron chi connectivity index (χ1n) is 9.02. The smallest absolute Gasteiger partial charge is 0.165 e. The minimum Gasteiger partial charge on any atom is -0.385 e. The van der Waals surface area contributed by atoms with Crippen LogP contribution >= 0.6 is 0 Å². The van der Waals surface area contributed by atoms with Gasteiger partial charge in [-0.05, 0) is 31.6 Å². The predicted molar refractivity (Wildman–Crippen MR) is 94.3 cm³/mol. The molecule has 0 aliphatic heterocycles. The molecule has 0 unspecified atom stereocenters. The van der Waals surface area contributed by atoms with E-state index in [1.807, 2.05) is 4.57 Å². The van der Waals surface area contributed by atoms with Crippen molar-refractivity contribution < 1.29 is 4.39 Å². The van der Waals surface area contributed by atoms with E-state index in [0.717, 1.165) is 48.1 Å². The van der Waals surface area contributed by atoms with E-state index in [2.05, 4.69) is 25.8 Å². The molecular weight excluding hydrogens is 289 g/mol. The Morgan fingerprint density at radius 3 is 2.65 bits per heavy atom. The lowest BCUT2D eigenvalue weighted by Gasteiger charge is -2.09. The Morgan fingerprint density at radius 1 is 1.30 bits per heavy atom. The fourth-order valence-corrected chi connectivity index (χ4v) is 3.55. The Balaban J connectivity index is 2.12. The zero-order chi connectivity index (χ0) is 16.6. The minimum atomic E-state index is -0.234. The van der Waals surface area contributed by atoms with Crippen molar-refractivity contribution in [2.45, 2.75) is 77.7 Å². The number of aryl methyl sites for hydroxylation is 1. The van der Waals surface area contributed by atoms with E-state index < -0.39 is 0 Å². The van der Waals surface area contributed by atoms with E-state index in [4.69, 9.17) is 5.73 Å². The van der Waals surface area contributed by atoms with E-state index >= 15 is 0 Å². The van der Waals surface area contributed by atoms with Crippen molar-refractivity contribution in [1.82, 2.24) is 9.55 Å². The zero-order valence-electron chi connectivity index (χ0n) is 14.5. The number of pyridine rings is 1. The third-order valence-electron chi connectivity index (χ3n) is 4.89. The third kappa shape index (κ3) is 2.96. The van der Waals surface area contributed by atoms with Gasteiger partial charge in [0.25, 0.3) is 0 Å². The standard InChI is InChI=1S/C19H28FN3/c1-4-5-6-7-8-14-16-17(12(2)3)22-11-15(20)18(16)23(19(14)21)13-9-10-13/h11-13H,4-10,21H2,1-3H3. The quantitative estimate of drug-likeness (QED) is 0.701. The summed E-state index contributed by atoms with van der Waals surface area (Å²) in [6.07, 6.45) is 9.26. The van der Waals surface area contributed by atoms with Crippen molar-refractivity contribution in [1.29, 1.82) is 0 Å². The minimum absolute atomic E-state index is 0.234. The lowest BCUT2D eigenvalue weighted by atomic mass is 9.99. The summed E-state index contributed by atoms with van der Waals surface area (Å²) in [5.74, 6) is 0.803. The molecule has 1 fully saturated rings. The summed E-state index contributed by atoms with van der Waals surface area (Å²) < 4.78 is 16.6. The highest BCUT2D eigenvalue weighted by molar-refractivity contribution is 5.92. The second-order valence-electron chi connectivity index (χ2n) is 7.15. The Hall–Kier alpha value is -1.58. The van der Waals surface area contributed by atoms with E-state index in [-0.39, 0.29) is 11.7 Å². The van der Waals surface area contributed by atoms with Gasteiger partial charge >= 0.3 is 0 Å². The fourth-order valence-electron chi connectivity index (χ4n) is 3.55. The molecule has 0 spiro atoms. The summed E-state index contributed by atoms with van der Waals surface area (Å²) in [5.41, 5.74) is 9.28. The first-order chi connectivity index (χ1) is 11.1. The molecule has 2 N–H and O–H groups in total. The van der Waals surface area contributed by atoms with Gasteiger partial charge < -0.3 is 10.3 Å². The van der Waals surface area contributed by atoms with Crippen LogP contribution < -0.4 is 5.73 Å². The Morgan fingerprint density at radius 2 is 2.04 bits per heavy atom. The molecule has 0 bridgehead atoms. The number of anilines is 1. The van der Waals surface area contributed by atoms with Gasteiger partial charge in [-0.1, -0.05) is 40.0 Å². The summed E-state index contributed by atoms with van der Waals surface area (Å²) in [6, 6.07) is 0.374. The predicted octanol–water partition coefficient (Wildman–Crippen LogP) is 5.34. The summed E-state index contributed by atoms with van der Waals surface area (Å²) >= 11 is 0. The number of hydrogen-bond donors (Lipinski definition) is 1. The number of nitrogens with zero attached hydrogens (tertiary/aromatic N) is 2. The summed E-state index contributed by atoms with van der Waals surface area (Å²) in [6.45, 7) is 6.44. The van der Waals surface area contributed by atoms with Gasteiger partial charge in [-0.2, -0.15) is 0 Å². The van der Waals surface area contributed by atoms with Gasteiger partial charge in [-0.25, -0.2) is 4.39 Å². The molecule has 1 aliphatic carbocycles. The van der Waals surface area contributed by atoms with Gasteiger partial charge in [0.15, 0.2) is 5.82 Å². The van der Waals surface area contributed by atoms with E-state index in [1.54, 1.807) is 0 Å². The number of halogens is 1. The summed E-state index contributed by atoms with van der Waals surface area (Å²) in [7, 11) is 0. The van der Waals surface area contributed by atoms with Crippen LogP contribution in [-0.4, -0.2) is 9.55 Å². The van der Waals surface area contributed by atoms with Crippen molar-refractivity contribution in [3.05, 3.63) is 23.3 Å². The normalized spacial score (nSPS) is 15.0. The number of rotatable bonds is 7. The van der Waals surface area contributed by atoms with E-state index in [9.17, 15) is 4.39 Å². The molecule has 3 nitrogen and oxygen atoms in total. The van der Waals surface area contributed by atoms with Crippen LogP contribution in [0.15, 0.2) is 6.20 Å². The van der Waals surface area contributed by atoms with Crippen LogP contribution in [0.4, 0.5) is 10.2 Å². The molecule has 2 aromatic heterocycles. The van der Waals surface area contributed by atoms with Gasteiger partial charge in [0.05, 0.1) is 17.4 Å². The van der Waals surface area contributed by atoms with Crippen molar-refractivity contribution in [3.63, 3.8) is 0 Å². The molecule has 23 heavy (non-hydrogen) atoms. The topological polar surface area (TPSA) is 43.8 Å². The molecule has 2 aromatic rings. The van der Waals surface area contributed by atoms with E-state index in [0.29, 0.717) is 11.6 Å². The number of aromatic nitrogens is 2. The van der Waals surface area contributed by atoms with Crippen molar-refractivity contribution in [2.75, 3.05) is 5.73 Å². The molecule has 0 radical (unpaired) electrons. The molecule has 1 saturated carbocycles. The Kier molecular flexibility index (Phi) is 4.60. The molecule has 0 amide bonds. The number of hydrogen-bond acceptors (Lipinski definition) is 2. The first-order valence-corrected chi connectivity index (χ1v) is 9.02. The van der Waals surface area contributed by atoms with Crippen LogP contribution in [0.2, 0.25) is 0 Å². The van der Waals surface area contributed by atoms with Crippen LogP contribution in [-0.2, 0) is 6.42 Å². The van der Waals surface area contributed by atoms with Gasteiger partial charge in [0.1, 0.15) is 5.82 Å². The average molecular weight is 317 g/mol. The molecule has 2 heterocycles. The Labute approximate surface area is 138 Å². The van der Waals surface area contributed by atoms with Crippen LogP contribution in [0.3, 0.4) is 0 Å². The maximum absolute atomic E-state index is 14.6. The summed E-state index contributed by atoms with van der Waals surface area (Å²) in [4.78, 5) is 4.40. The van der Waals surface area contributed by atoms with Crippen LogP contribution in [0, 0.1) is 5.82 Å². The highest BCUT2D eigenvalue weighted by Crippen LogP contribution is 2.45. The molecule has 0 saturated heterocycles. The Bertz CT molecular complexity index is 698. The fraction of sp³-hybridized carbons (Fsp3) is 0.632. The number of fused-ring (bicyclic) bond motifs is 1. The SMILES string of the molecule is CCCCCCc1c(N)n(C2CC2)c2c(F)cnc(C(C)C)c12. The molecule has 1 aliphatic rings. The van der Waals surface area contributed by atoms with E-state index in [1.165, 1.54) is 25.5 Å². The largest absolute Gasteiger partial charge is 0.385 e. The maximum atomic E-state index is 14.6.